The molecule has 4 rings (SSSR count). The van der Waals surface area contributed by atoms with Crippen LogP contribution >= 0.6 is 11.6 Å². The van der Waals surface area contributed by atoms with Gasteiger partial charge in [-0.2, -0.15) is 0 Å². The van der Waals surface area contributed by atoms with E-state index in [9.17, 15) is 23.1 Å². The van der Waals surface area contributed by atoms with Gasteiger partial charge < -0.3 is 19.9 Å². The fourth-order valence-corrected chi connectivity index (χ4v) is 7.04. The molecule has 2 amide bonds. The van der Waals surface area contributed by atoms with E-state index < -0.39 is 25.4 Å². The Morgan fingerprint density at radius 2 is 1.82 bits per heavy atom. The van der Waals surface area contributed by atoms with Crippen molar-refractivity contribution in [2.45, 2.75) is 62.3 Å². The largest absolute Gasteiger partial charge is 0.392 e. The van der Waals surface area contributed by atoms with E-state index in [1.807, 2.05) is 12.1 Å². The SMILES string of the molecule is CC(O)C(C)(C)S(=O)(=O)C1(CN2CCn3c(C(=O)NCc4ccc(Cl)cc4)ccc3C2=O)CC1. The molecule has 2 heterocycles. The number of fused-ring (bicyclic) bond motifs is 1. The van der Waals surface area contributed by atoms with Crippen LogP contribution in [0, 0.1) is 0 Å². The van der Waals surface area contributed by atoms with Crippen LogP contribution in [0.4, 0.5) is 0 Å². The molecule has 1 unspecified atom stereocenters. The molecule has 2 N–H and O–H groups in total. The number of halogens is 1. The standard InChI is InChI=1S/C24H30ClN3O5S/c1-16(29)23(2,3)34(32,33)24(10-11-24)15-27-12-13-28-19(8-9-20(28)22(27)31)21(30)26-14-17-4-6-18(25)7-5-17/h4-9,16,29H,10-15H2,1-3H3,(H,26,30). The van der Waals surface area contributed by atoms with Crippen molar-refractivity contribution in [1.29, 1.82) is 0 Å². The number of hydrogen-bond acceptors (Lipinski definition) is 5. The van der Waals surface area contributed by atoms with E-state index in [1.165, 1.54) is 20.8 Å². The molecule has 1 aliphatic heterocycles. The lowest BCUT2D eigenvalue weighted by Gasteiger charge is -2.36. The number of nitrogens with zero attached hydrogens (tertiary/aromatic N) is 2. The van der Waals surface area contributed by atoms with Crippen LogP contribution in [-0.4, -0.2) is 63.5 Å². The molecule has 8 nitrogen and oxygen atoms in total. The second-order valence-electron chi connectivity index (χ2n) is 9.76. The Morgan fingerprint density at radius 1 is 1.18 bits per heavy atom. The number of sulfone groups is 1. The van der Waals surface area contributed by atoms with Crippen molar-refractivity contribution in [3.63, 3.8) is 0 Å². The molecule has 0 spiro atoms. The second-order valence-corrected chi connectivity index (χ2v) is 13.1. The molecule has 0 saturated heterocycles. The Balaban J connectivity index is 1.47. The van der Waals surface area contributed by atoms with Crippen molar-refractivity contribution in [2.75, 3.05) is 13.1 Å². The summed E-state index contributed by atoms with van der Waals surface area (Å²) in [7, 11) is -3.69. The number of benzene rings is 1. The van der Waals surface area contributed by atoms with Gasteiger partial charge in [0.25, 0.3) is 11.8 Å². The first-order chi connectivity index (χ1) is 15.9. The molecule has 1 atom stereocenters. The van der Waals surface area contributed by atoms with Crippen molar-refractivity contribution in [3.8, 4) is 0 Å². The fourth-order valence-electron chi connectivity index (χ4n) is 4.39. The van der Waals surface area contributed by atoms with Crippen LogP contribution in [0.15, 0.2) is 36.4 Å². The van der Waals surface area contributed by atoms with Gasteiger partial charge in [-0.1, -0.05) is 23.7 Å². The Hall–Kier alpha value is -2.36. The van der Waals surface area contributed by atoms with Crippen molar-refractivity contribution in [3.05, 3.63) is 58.4 Å². The Labute approximate surface area is 204 Å². The van der Waals surface area contributed by atoms with Crippen LogP contribution in [0.2, 0.25) is 5.02 Å². The number of carbonyl (C=O) groups is 2. The molecule has 0 radical (unpaired) electrons. The van der Waals surface area contributed by atoms with Crippen molar-refractivity contribution < 1.29 is 23.1 Å². The van der Waals surface area contributed by atoms with Gasteiger partial charge in [0, 0.05) is 31.2 Å². The van der Waals surface area contributed by atoms with E-state index in [2.05, 4.69) is 5.32 Å². The van der Waals surface area contributed by atoms with E-state index >= 15 is 0 Å². The van der Waals surface area contributed by atoms with Crippen molar-refractivity contribution >= 4 is 33.3 Å². The number of amides is 2. The summed E-state index contributed by atoms with van der Waals surface area (Å²) >= 11 is 5.89. The average Bonchev–Trinajstić information content (AvgIpc) is 3.45. The van der Waals surface area contributed by atoms with Crippen LogP contribution in [0.5, 0.6) is 0 Å². The highest BCUT2D eigenvalue weighted by Gasteiger charge is 2.61. The molecule has 184 valence electrons. The molecule has 10 heteroatoms. The van der Waals surface area contributed by atoms with Crippen LogP contribution in [0.3, 0.4) is 0 Å². The third-order valence-corrected chi connectivity index (χ3v) is 10.9. The van der Waals surface area contributed by atoms with Crippen LogP contribution in [0.1, 0.15) is 60.2 Å². The highest BCUT2D eigenvalue weighted by Crippen LogP contribution is 2.49. The van der Waals surface area contributed by atoms with E-state index in [0.717, 1.165) is 5.56 Å². The zero-order chi connectivity index (χ0) is 24.9. The number of carbonyl (C=O) groups excluding carboxylic acids is 2. The summed E-state index contributed by atoms with van der Waals surface area (Å²) in [4.78, 5) is 27.5. The van der Waals surface area contributed by atoms with Gasteiger partial charge in [-0.25, -0.2) is 8.42 Å². The molecule has 2 aromatic rings. The first kappa shape index (κ1) is 24.8. The summed E-state index contributed by atoms with van der Waals surface area (Å²) in [5, 5.41) is 13.6. The molecular weight excluding hydrogens is 478 g/mol. The number of aromatic nitrogens is 1. The lowest BCUT2D eigenvalue weighted by atomic mass is 10.1. The van der Waals surface area contributed by atoms with Crippen molar-refractivity contribution in [1.82, 2.24) is 14.8 Å². The fraction of sp³-hybridized carbons (Fsp3) is 0.500. The van der Waals surface area contributed by atoms with Gasteiger partial charge in [-0.3, -0.25) is 9.59 Å². The zero-order valence-electron chi connectivity index (χ0n) is 19.5. The minimum absolute atomic E-state index is 0.0909. The smallest absolute Gasteiger partial charge is 0.270 e. The molecule has 1 fully saturated rings. The number of rotatable bonds is 8. The average molecular weight is 508 g/mol. The Kier molecular flexibility index (Phi) is 6.33. The topological polar surface area (TPSA) is 109 Å². The summed E-state index contributed by atoms with van der Waals surface area (Å²) < 4.78 is 26.0. The van der Waals surface area contributed by atoms with Crippen LogP contribution in [0.25, 0.3) is 0 Å². The number of nitrogens with one attached hydrogen (secondary N) is 1. The van der Waals surface area contributed by atoms with E-state index in [4.69, 9.17) is 11.6 Å². The summed E-state index contributed by atoms with van der Waals surface area (Å²) in [6, 6.07) is 10.4. The molecule has 1 aromatic heterocycles. The van der Waals surface area contributed by atoms with E-state index in [-0.39, 0.29) is 18.4 Å². The number of aliphatic hydroxyl groups excluding tert-OH is 1. The minimum Gasteiger partial charge on any atom is -0.392 e. The van der Waals surface area contributed by atoms with Gasteiger partial charge in [0.2, 0.25) is 0 Å². The predicted octanol–water partition coefficient (Wildman–Crippen LogP) is 2.63. The molecule has 2 aliphatic rings. The third-order valence-electron chi connectivity index (χ3n) is 7.23. The molecule has 1 saturated carbocycles. The summed E-state index contributed by atoms with van der Waals surface area (Å²) in [5.41, 5.74) is 1.66. The molecule has 34 heavy (non-hydrogen) atoms. The Bertz CT molecular complexity index is 1210. The Morgan fingerprint density at radius 3 is 2.41 bits per heavy atom. The van der Waals surface area contributed by atoms with Crippen LogP contribution in [-0.2, 0) is 22.9 Å². The van der Waals surface area contributed by atoms with Gasteiger partial charge in [-0.05, 0) is 63.4 Å². The maximum Gasteiger partial charge on any atom is 0.270 e. The van der Waals surface area contributed by atoms with Crippen molar-refractivity contribution in [2.24, 2.45) is 0 Å². The maximum absolute atomic E-state index is 13.3. The first-order valence-electron chi connectivity index (χ1n) is 11.3. The predicted molar refractivity (Wildman–Crippen MR) is 130 cm³/mol. The quantitative estimate of drug-likeness (QED) is 0.571. The first-order valence-corrected chi connectivity index (χ1v) is 13.2. The minimum atomic E-state index is -3.69. The number of aliphatic hydroxyl groups is 1. The van der Waals surface area contributed by atoms with Crippen LogP contribution < -0.4 is 5.32 Å². The summed E-state index contributed by atoms with van der Waals surface area (Å²) in [6.07, 6.45) is -0.0956. The lowest BCUT2D eigenvalue weighted by Crippen LogP contribution is -2.54. The third kappa shape index (κ3) is 4.14. The lowest BCUT2D eigenvalue weighted by molar-refractivity contribution is 0.0697. The molecule has 1 aliphatic carbocycles. The van der Waals surface area contributed by atoms with E-state index in [0.29, 0.717) is 48.9 Å². The van der Waals surface area contributed by atoms with Gasteiger partial charge >= 0.3 is 0 Å². The molecule has 1 aromatic carbocycles. The van der Waals surface area contributed by atoms with Gasteiger partial charge in [0.1, 0.15) is 11.4 Å². The van der Waals surface area contributed by atoms with Gasteiger partial charge in [-0.15, -0.1) is 0 Å². The zero-order valence-corrected chi connectivity index (χ0v) is 21.1. The molecule has 0 bridgehead atoms. The maximum atomic E-state index is 13.3. The normalized spacial score (nSPS) is 18.4. The van der Waals surface area contributed by atoms with E-state index in [1.54, 1.807) is 33.7 Å². The number of hydrogen-bond donors (Lipinski definition) is 2. The highest BCUT2D eigenvalue weighted by atomic mass is 35.5. The highest BCUT2D eigenvalue weighted by molar-refractivity contribution is 7.94. The monoisotopic (exact) mass is 507 g/mol. The van der Waals surface area contributed by atoms with Gasteiger partial charge in [0.15, 0.2) is 9.84 Å². The summed E-state index contributed by atoms with van der Waals surface area (Å²) in [5.74, 6) is -0.582. The van der Waals surface area contributed by atoms with Gasteiger partial charge in [0.05, 0.1) is 15.6 Å². The summed E-state index contributed by atoms with van der Waals surface area (Å²) in [6.45, 7) is 5.67. The molecular formula is C24H30ClN3O5S. The second kappa shape index (κ2) is 8.70.